The Labute approximate surface area is 135 Å². The fourth-order valence-corrected chi connectivity index (χ4v) is 4.12. The molecule has 116 valence electrons. The van der Waals surface area contributed by atoms with Gasteiger partial charge in [0.25, 0.3) is 0 Å². The summed E-state index contributed by atoms with van der Waals surface area (Å²) < 4.78 is 5.44. The Morgan fingerprint density at radius 2 is 1.68 bits per heavy atom. The molecule has 0 aliphatic carbocycles. The van der Waals surface area contributed by atoms with Crippen molar-refractivity contribution in [3.8, 4) is 0 Å². The van der Waals surface area contributed by atoms with E-state index in [1.165, 1.54) is 18.0 Å². The van der Waals surface area contributed by atoms with Crippen molar-refractivity contribution in [1.29, 1.82) is 0 Å². The van der Waals surface area contributed by atoms with Gasteiger partial charge in [0.15, 0.2) is 0 Å². The van der Waals surface area contributed by atoms with Crippen molar-refractivity contribution in [1.82, 2.24) is 0 Å². The Morgan fingerprint density at radius 1 is 0.955 bits per heavy atom. The molecular formula is C19H24O2Si. The minimum absolute atomic E-state index is 0.171. The average molecular weight is 312 g/mol. The first-order chi connectivity index (χ1) is 10.8. The molecule has 0 aromatic heterocycles. The summed E-state index contributed by atoms with van der Waals surface area (Å²) >= 11 is 0. The molecule has 2 nitrogen and oxygen atoms in total. The lowest BCUT2D eigenvalue weighted by Gasteiger charge is -2.09. The second-order valence-corrected chi connectivity index (χ2v) is 7.45. The molecule has 2 aromatic rings. The predicted molar refractivity (Wildman–Crippen MR) is 95.1 cm³/mol. The van der Waals surface area contributed by atoms with E-state index in [4.69, 9.17) is 4.74 Å². The number of hydrogen-bond donors (Lipinski definition) is 0. The van der Waals surface area contributed by atoms with Crippen LogP contribution >= 0.6 is 0 Å². The number of unbranched alkanes of at least 4 members (excludes halogenated alkanes) is 3. The summed E-state index contributed by atoms with van der Waals surface area (Å²) in [5.74, 6) is -0.171. The Balaban J connectivity index is 1.97. The second-order valence-electron chi connectivity index (χ2n) is 5.52. The van der Waals surface area contributed by atoms with E-state index in [1.54, 1.807) is 0 Å². The van der Waals surface area contributed by atoms with Crippen LogP contribution in [0.15, 0.2) is 54.6 Å². The summed E-state index contributed by atoms with van der Waals surface area (Å²) in [4.78, 5) is 12.3. The molecule has 0 saturated heterocycles. The molecule has 0 bridgehead atoms. The highest BCUT2D eigenvalue weighted by Crippen LogP contribution is 2.03. The summed E-state index contributed by atoms with van der Waals surface area (Å²) in [7, 11) is -0.643. The summed E-state index contributed by atoms with van der Waals surface area (Å²) in [5.41, 5.74) is 0.744. The van der Waals surface area contributed by atoms with E-state index in [9.17, 15) is 4.79 Å². The highest BCUT2D eigenvalue weighted by atomic mass is 28.2. The maximum atomic E-state index is 12.3. The molecule has 0 atom stereocenters. The van der Waals surface area contributed by atoms with Gasteiger partial charge in [-0.25, -0.2) is 4.79 Å². The molecule has 2 rings (SSSR count). The lowest BCUT2D eigenvalue weighted by molar-refractivity contribution is 0.0499. The quantitative estimate of drug-likeness (QED) is 0.425. The number of benzene rings is 2. The molecule has 0 N–H and O–H groups in total. The summed E-state index contributed by atoms with van der Waals surface area (Å²) in [5, 5.41) is 2.50. The van der Waals surface area contributed by atoms with Gasteiger partial charge < -0.3 is 4.74 Å². The molecule has 0 amide bonds. The number of rotatable bonds is 8. The van der Waals surface area contributed by atoms with E-state index >= 15 is 0 Å². The van der Waals surface area contributed by atoms with Crippen LogP contribution in [0, 0.1) is 0 Å². The standard InChI is InChI=1S/C19H24O2Si/c1-2-3-4-10-15-21-19(20)17-13-8-9-14-18(17)22-16-11-6-5-7-12-16/h5-9,11-14H,2-4,10,15,22H2,1H3. The first-order valence-electron chi connectivity index (χ1n) is 8.10. The second kappa shape index (κ2) is 9.21. The van der Waals surface area contributed by atoms with Gasteiger partial charge in [0, 0.05) is 0 Å². The Bertz CT molecular complexity index is 581. The predicted octanol–water partition coefficient (Wildman–Crippen LogP) is 2.54. The van der Waals surface area contributed by atoms with Crippen LogP contribution < -0.4 is 10.4 Å². The zero-order valence-electron chi connectivity index (χ0n) is 13.3. The fraction of sp³-hybridized carbons (Fsp3) is 0.316. The highest BCUT2D eigenvalue weighted by molar-refractivity contribution is 6.68. The maximum Gasteiger partial charge on any atom is 0.337 e. The third-order valence-electron chi connectivity index (χ3n) is 3.71. The Kier molecular flexibility index (Phi) is 6.90. The number of ether oxygens (including phenoxy) is 1. The van der Waals surface area contributed by atoms with Crippen LogP contribution in [0.1, 0.15) is 43.0 Å². The van der Waals surface area contributed by atoms with Crippen LogP contribution in [-0.4, -0.2) is 22.1 Å². The smallest absolute Gasteiger partial charge is 0.337 e. The van der Waals surface area contributed by atoms with Crippen molar-refractivity contribution in [2.24, 2.45) is 0 Å². The van der Waals surface area contributed by atoms with Gasteiger partial charge in [-0.15, -0.1) is 0 Å². The molecule has 0 unspecified atom stereocenters. The van der Waals surface area contributed by atoms with E-state index in [0.29, 0.717) is 6.61 Å². The first-order valence-corrected chi connectivity index (χ1v) is 9.51. The third-order valence-corrected chi connectivity index (χ3v) is 5.58. The van der Waals surface area contributed by atoms with Crippen molar-refractivity contribution in [2.45, 2.75) is 32.6 Å². The zero-order valence-corrected chi connectivity index (χ0v) is 14.7. The summed E-state index contributed by atoms with van der Waals surface area (Å²) in [6.45, 7) is 2.70. The van der Waals surface area contributed by atoms with Gasteiger partial charge in [0.1, 0.15) is 0 Å². The van der Waals surface area contributed by atoms with Gasteiger partial charge in [-0.2, -0.15) is 0 Å². The minimum atomic E-state index is -0.643. The minimum Gasteiger partial charge on any atom is -0.462 e. The van der Waals surface area contributed by atoms with Gasteiger partial charge >= 0.3 is 5.97 Å². The Hall–Kier alpha value is -1.87. The summed E-state index contributed by atoms with van der Waals surface area (Å²) in [6.07, 6.45) is 4.48. The largest absolute Gasteiger partial charge is 0.462 e. The van der Waals surface area contributed by atoms with Crippen molar-refractivity contribution < 1.29 is 9.53 Å². The topological polar surface area (TPSA) is 26.3 Å². The van der Waals surface area contributed by atoms with Crippen LogP contribution in [-0.2, 0) is 4.74 Å². The lowest BCUT2D eigenvalue weighted by Crippen LogP contribution is -2.31. The van der Waals surface area contributed by atoms with Crippen LogP contribution in [0.2, 0.25) is 0 Å². The lowest BCUT2D eigenvalue weighted by atomic mass is 10.2. The molecule has 0 radical (unpaired) electrons. The van der Waals surface area contributed by atoms with Crippen molar-refractivity contribution in [2.75, 3.05) is 6.61 Å². The molecule has 0 aliphatic heterocycles. The van der Waals surface area contributed by atoms with Crippen molar-refractivity contribution >= 4 is 25.9 Å². The number of carbonyl (C=O) groups is 1. The van der Waals surface area contributed by atoms with Gasteiger partial charge in [0.05, 0.1) is 21.7 Å². The van der Waals surface area contributed by atoms with Crippen LogP contribution in [0.3, 0.4) is 0 Å². The highest BCUT2D eigenvalue weighted by Gasteiger charge is 2.12. The number of carbonyl (C=O) groups excluding carboxylic acids is 1. The first kappa shape index (κ1) is 16.5. The van der Waals surface area contributed by atoms with Crippen LogP contribution in [0.25, 0.3) is 0 Å². The third kappa shape index (κ3) is 5.15. The van der Waals surface area contributed by atoms with Crippen molar-refractivity contribution in [3.63, 3.8) is 0 Å². The van der Waals surface area contributed by atoms with Crippen molar-refractivity contribution in [3.05, 3.63) is 60.2 Å². The summed E-state index contributed by atoms with van der Waals surface area (Å²) in [6, 6.07) is 18.3. The molecule has 0 spiro atoms. The molecule has 3 heteroatoms. The van der Waals surface area contributed by atoms with E-state index in [-0.39, 0.29) is 5.97 Å². The van der Waals surface area contributed by atoms with E-state index in [0.717, 1.165) is 23.6 Å². The normalized spacial score (nSPS) is 11.0. The van der Waals surface area contributed by atoms with E-state index < -0.39 is 9.52 Å². The molecular weight excluding hydrogens is 288 g/mol. The monoisotopic (exact) mass is 312 g/mol. The van der Waals surface area contributed by atoms with Gasteiger partial charge in [-0.1, -0.05) is 79.9 Å². The molecule has 0 fully saturated rings. The molecule has 0 aliphatic rings. The zero-order chi connectivity index (χ0) is 15.6. The fourth-order valence-electron chi connectivity index (χ4n) is 2.46. The SMILES string of the molecule is CCCCCCOC(=O)c1ccccc1[SiH2]c1ccccc1. The van der Waals surface area contributed by atoms with Gasteiger partial charge in [-0.05, 0) is 17.7 Å². The average Bonchev–Trinajstić information content (AvgIpc) is 2.56. The van der Waals surface area contributed by atoms with Crippen LogP contribution in [0.5, 0.6) is 0 Å². The molecule has 0 saturated carbocycles. The van der Waals surface area contributed by atoms with Crippen LogP contribution in [0.4, 0.5) is 0 Å². The molecule has 2 aromatic carbocycles. The maximum absolute atomic E-state index is 12.3. The van der Waals surface area contributed by atoms with E-state index in [1.807, 2.05) is 24.3 Å². The Morgan fingerprint density at radius 3 is 2.45 bits per heavy atom. The number of esters is 1. The van der Waals surface area contributed by atoms with Gasteiger partial charge in [0.2, 0.25) is 0 Å². The molecule has 0 heterocycles. The van der Waals surface area contributed by atoms with E-state index in [2.05, 4.69) is 37.3 Å². The molecule has 22 heavy (non-hydrogen) atoms. The van der Waals surface area contributed by atoms with Gasteiger partial charge in [-0.3, -0.25) is 0 Å². The number of hydrogen-bond acceptors (Lipinski definition) is 2.